The van der Waals surface area contributed by atoms with Crippen LogP contribution in [0.25, 0.3) is 0 Å². The van der Waals surface area contributed by atoms with Crippen molar-refractivity contribution in [2.75, 3.05) is 21.3 Å². The summed E-state index contributed by atoms with van der Waals surface area (Å²) in [4.78, 5) is 24.7. The molecule has 0 aromatic carbocycles. The number of hydrogen-bond acceptors (Lipinski definition) is 5. The molecule has 0 N–H and O–H groups in total. The lowest BCUT2D eigenvalue weighted by atomic mass is 9.81. The summed E-state index contributed by atoms with van der Waals surface area (Å²) in [7, 11) is 4.28. The Labute approximate surface area is 132 Å². The van der Waals surface area contributed by atoms with Gasteiger partial charge in [0.05, 0.1) is 19.8 Å². The molecule has 0 aromatic rings. The number of carbonyl (C=O) groups is 2. The molecule has 0 radical (unpaired) electrons. The van der Waals surface area contributed by atoms with Gasteiger partial charge in [0.1, 0.15) is 0 Å². The fraction of sp³-hybridized carbons (Fsp3) is 0.765. The fourth-order valence-corrected chi connectivity index (χ4v) is 3.38. The predicted molar refractivity (Wildman–Crippen MR) is 81.1 cm³/mol. The van der Waals surface area contributed by atoms with Gasteiger partial charge >= 0.3 is 11.9 Å². The minimum atomic E-state index is -1.25. The minimum absolute atomic E-state index is 0.00343. The molecule has 0 unspecified atom stereocenters. The first-order chi connectivity index (χ1) is 10.3. The van der Waals surface area contributed by atoms with Crippen LogP contribution in [0.15, 0.2) is 11.6 Å². The Morgan fingerprint density at radius 2 is 1.68 bits per heavy atom. The molecule has 2 saturated carbocycles. The van der Waals surface area contributed by atoms with E-state index < -0.39 is 23.0 Å². The van der Waals surface area contributed by atoms with Gasteiger partial charge in [-0.1, -0.05) is 11.6 Å². The molecule has 5 heteroatoms. The Kier molecular flexibility index (Phi) is 4.66. The van der Waals surface area contributed by atoms with Gasteiger partial charge in [-0.25, -0.2) is 0 Å². The topological polar surface area (TPSA) is 61.8 Å². The summed E-state index contributed by atoms with van der Waals surface area (Å²) in [6.07, 6.45) is 5.30. The largest absolute Gasteiger partial charge is 0.468 e. The zero-order valence-corrected chi connectivity index (χ0v) is 14.1. The van der Waals surface area contributed by atoms with Crippen molar-refractivity contribution >= 4 is 11.9 Å². The molecule has 2 fully saturated rings. The number of allylic oxidation sites excluding steroid dienone is 1. The molecule has 2 rings (SSSR count). The minimum Gasteiger partial charge on any atom is -0.468 e. The van der Waals surface area contributed by atoms with Crippen LogP contribution in [0.5, 0.6) is 0 Å². The van der Waals surface area contributed by atoms with E-state index >= 15 is 0 Å². The lowest BCUT2D eigenvalue weighted by Crippen LogP contribution is -2.41. The second-order valence-corrected chi connectivity index (χ2v) is 6.89. The van der Waals surface area contributed by atoms with Crippen molar-refractivity contribution in [2.24, 2.45) is 17.3 Å². The van der Waals surface area contributed by atoms with Crippen molar-refractivity contribution in [3.63, 3.8) is 0 Å². The molecule has 0 amide bonds. The monoisotopic (exact) mass is 310 g/mol. The molecule has 2 aliphatic carbocycles. The SMILES string of the molecule is COC(=O)C1(C(=O)OC)C/C(=C\C2CC2)[C@H](C(C)(C)OC)C1. The maximum absolute atomic E-state index is 12.4. The molecule has 1 atom stereocenters. The molecule has 0 saturated heterocycles. The van der Waals surface area contributed by atoms with E-state index in [0.717, 1.165) is 5.57 Å². The third-order valence-electron chi connectivity index (χ3n) is 5.10. The summed E-state index contributed by atoms with van der Waals surface area (Å²) < 4.78 is 15.5. The van der Waals surface area contributed by atoms with Crippen molar-refractivity contribution in [2.45, 2.75) is 45.1 Å². The van der Waals surface area contributed by atoms with Crippen LogP contribution in [0, 0.1) is 17.3 Å². The summed E-state index contributed by atoms with van der Waals surface area (Å²) in [5.41, 5.74) is -0.583. The van der Waals surface area contributed by atoms with Crippen molar-refractivity contribution < 1.29 is 23.8 Å². The van der Waals surface area contributed by atoms with Gasteiger partial charge in [0, 0.05) is 13.0 Å². The van der Waals surface area contributed by atoms with Crippen LogP contribution in [0.4, 0.5) is 0 Å². The van der Waals surface area contributed by atoms with Gasteiger partial charge in [-0.3, -0.25) is 9.59 Å². The highest BCUT2D eigenvalue weighted by molar-refractivity contribution is 6.01. The molecule has 0 heterocycles. The van der Waals surface area contributed by atoms with E-state index in [0.29, 0.717) is 18.8 Å². The second kappa shape index (κ2) is 6.03. The van der Waals surface area contributed by atoms with Crippen molar-refractivity contribution in [1.82, 2.24) is 0 Å². The Hall–Kier alpha value is -1.36. The first-order valence-electron chi connectivity index (χ1n) is 7.73. The van der Waals surface area contributed by atoms with E-state index in [4.69, 9.17) is 14.2 Å². The summed E-state index contributed by atoms with van der Waals surface area (Å²) >= 11 is 0. The predicted octanol–water partition coefficient (Wildman–Crippen LogP) is 2.49. The number of hydrogen-bond donors (Lipinski definition) is 0. The van der Waals surface area contributed by atoms with Crippen LogP contribution in [0.3, 0.4) is 0 Å². The molecule has 0 spiro atoms. The zero-order chi connectivity index (χ0) is 16.5. The molecule has 0 aromatic heterocycles. The van der Waals surface area contributed by atoms with Gasteiger partial charge in [-0.2, -0.15) is 0 Å². The average molecular weight is 310 g/mol. The molecular formula is C17H26O5. The number of esters is 2. The van der Waals surface area contributed by atoms with Crippen LogP contribution in [-0.2, 0) is 23.8 Å². The molecule has 124 valence electrons. The Bertz CT molecular complexity index is 471. The molecular weight excluding hydrogens is 284 g/mol. The fourth-order valence-electron chi connectivity index (χ4n) is 3.38. The second-order valence-electron chi connectivity index (χ2n) is 6.89. The highest BCUT2D eigenvalue weighted by atomic mass is 16.5. The van der Waals surface area contributed by atoms with E-state index in [1.807, 2.05) is 13.8 Å². The van der Waals surface area contributed by atoms with Crippen LogP contribution < -0.4 is 0 Å². The highest BCUT2D eigenvalue weighted by Gasteiger charge is 2.58. The first-order valence-corrected chi connectivity index (χ1v) is 7.73. The van der Waals surface area contributed by atoms with Crippen molar-refractivity contribution in [3.8, 4) is 0 Å². The van der Waals surface area contributed by atoms with Gasteiger partial charge in [0.2, 0.25) is 0 Å². The Balaban J connectivity index is 2.42. The Morgan fingerprint density at radius 1 is 1.14 bits per heavy atom. The molecule has 22 heavy (non-hydrogen) atoms. The van der Waals surface area contributed by atoms with Crippen molar-refractivity contribution in [1.29, 1.82) is 0 Å². The van der Waals surface area contributed by atoms with E-state index in [2.05, 4.69) is 6.08 Å². The quantitative estimate of drug-likeness (QED) is 0.443. The standard InChI is InChI=1S/C17H26O5/c1-16(2,22-5)13-10-17(14(18)20-3,15(19)21-4)9-12(13)8-11-6-7-11/h8,11,13H,6-7,9-10H2,1-5H3/b12-8+/t13-/m1/s1. The summed E-state index contributed by atoms with van der Waals surface area (Å²) in [5.74, 6) is -0.474. The van der Waals surface area contributed by atoms with Gasteiger partial charge in [-0.05, 0) is 45.4 Å². The molecule has 2 aliphatic rings. The van der Waals surface area contributed by atoms with E-state index in [1.165, 1.54) is 27.1 Å². The lowest BCUT2D eigenvalue weighted by Gasteiger charge is -2.32. The molecule has 0 bridgehead atoms. The molecule has 0 aliphatic heterocycles. The number of methoxy groups -OCH3 is 3. The summed E-state index contributed by atoms with van der Waals surface area (Å²) in [6, 6.07) is 0. The van der Waals surface area contributed by atoms with Crippen LogP contribution >= 0.6 is 0 Å². The third kappa shape index (κ3) is 2.91. The number of carbonyl (C=O) groups excluding carboxylic acids is 2. The maximum Gasteiger partial charge on any atom is 0.323 e. The third-order valence-corrected chi connectivity index (χ3v) is 5.10. The summed E-state index contributed by atoms with van der Waals surface area (Å²) in [5, 5.41) is 0. The summed E-state index contributed by atoms with van der Waals surface area (Å²) in [6.45, 7) is 3.98. The van der Waals surface area contributed by atoms with Gasteiger partial charge in [-0.15, -0.1) is 0 Å². The van der Waals surface area contributed by atoms with Crippen molar-refractivity contribution in [3.05, 3.63) is 11.6 Å². The number of ether oxygens (including phenoxy) is 3. The van der Waals surface area contributed by atoms with Gasteiger partial charge in [0.25, 0.3) is 0 Å². The van der Waals surface area contributed by atoms with E-state index in [-0.39, 0.29) is 5.92 Å². The lowest BCUT2D eigenvalue weighted by molar-refractivity contribution is -0.169. The molecule has 5 nitrogen and oxygen atoms in total. The highest BCUT2D eigenvalue weighted by Crippen LogP contribution is 2.52. The normalized spacial score (nSPS) is 26.0. The average Bonchev–Trinajstić information content (AvgIpc) is 3.23. The smallest absolute Gasteiger partial charge is 0.323 e. The van der Waals surface area contributed by atoms with Crippen LogP contribution in [0.2, 0.25) is 0 Å². The van der Waals surface area contributed by atoms with Crippen LogP contribution in [0.1, 0.15) is 39.5 Å². The van der Waals surface area contributed by atoms with Gasteiger partial charge < -0.3 is 14.2 Å². The Morgan fingerprint density at radius 3 is 2.09 bits per heavy atom. The van der Waals surface area contributed by atoms with E-state index in [1.54, 1.807) is 7.11 Å². The van der Waals surface area contributed by atoms with E-state index in [9.17, 15) is 9.59 Å². The zero-order valence-electron chi connectivity index (χ0n) is 14.1. The first kappa shape index (κ1) is 17.0. The maximum atomic E-state index is 12.4. The number of rotatable bonds is 5. The van der Waals surface area contributed by atoms with Gasteiger partial charge in [0.15, 0.2) is 5.41 Å². The van der Waals surface area contributed by atoms with Crippen LogP contribution in [-0.4, -0.2) is 38.9 Å².